The van der Waals surface area contributed by atoms with E-state index in [1.165, 1.54) is 0 Å². The summed E-state index contributed by atoms with van der Waals surface area (Å²) in [5.74, 6) is 2.11. The van der Waals surface area contributed by atoms with Gasteiger partial charge in [-0.3, -0.25) is 4.40 Å². The molecule has 2 aliphatic rings. The lowest BCUT2D eigenvalue weighted by Crippen LogP contribution is -2.25. The first-order valence-electron chi connectivity index (χ1n) is 10.5. The fourth-order valence-electron chi connectivity index (χ4n) is 5.27. The van der Waals surface area contributed by atoms with E-state index < -0.39 is 9.84 Å². The lowest BCUT2D eigenvalue weighted by atomic mass is 9.93. The minimum Gasteiger partial charge on any atom is -0.377 e. The van der Waals surface area contributed by atoms with Crippen molar-refractivity contribution in [3.8, 4) is 0 Å². The second-order valence-corrected chi connectivity index (χ2v) is 10.7. The third-order valence-corrected chi connectivity index (χ3v) is 8.43. The van der Waals surface area contributed by atoms with Gasteiger partial charge in [-0.15, -0.1) is 10.2 Å². The van der Waals surface area contributed by atoms with E-state index in [1.54, 1.807) is 6.20 Å². The van der Waals surface area contributed by atoms with Crippen LogP contribution < -0.4 is 0 Å². The second kappa shape index (κ2) is 7.36. The summed E-state index contributed by atoms with van der Waals surface area (Å²) in [7, 11) is -3.12. The van der Waals surface area contributed by atoms with Crippen molar-refractivity contribution in [1.29, 1.82) is 0 Å². The Bertz CT molecular complexity index is 1120. The number of nitrogens with zero attached hydrogens (tertiary/aromatic N) is 4. The maximum absolute atomic E-state index is 12.8. The van der Waals surface area contributed by atoms with Crippen molar-refractivity contribution in [3.63, 3.8) is 0 Å². The number of hydrogen-bond acceptors (Lipinski definition) is 6. The van der Waals surface area contributed by atoms with Gasteiger partial charge in [0.15, 0.2) is 21.1 Å². The van der Waals surface area contributed by atoms with Gasteiger partial charge in [0.05, 0.1) is 29.3 Å². The molecule has 1 unspecified atom stereocenters. The van der Waals surface area contributed by atoms with E-state index in [1.807, 2.05) is 12.3 Å². The van der Waals surface area contributed by atoms with Crippen molar-refractivity contribution in [2.24, 2.45) is 11.8 Å². The van der Waals surface area contributed by atoms with Gasteiger partial charge in [-0.2, -0.15) is 0 Å². The summed E-state index contributed by atoms with van der Waals surface area (Å²) in [5, 5.41) is 8.84. The quantitative estimate of drug-likeness (QED) is 0.662. The second-order valence-electron chi connectivity index (χ2n) is 8.55. The molecule has 0 amide bonds. The maximum Gasteiger partial charge on any atom is 0.179 e. The fourth-order valence-corrected chi connectivity index (χ4v) is 7.22. The van der Waals surface area contributed by atoms with E-state index in [4.69, 9.17) is 4.74 Å². The Morgan fingerprint density at radius 1 is 1.28 bits per heavy atom. The number of rotatable bonds is 6. The molecular formula is C20H27N5O3S. The van der Waals surface area contributed by atoms with Gasteiger partial charge in [0.25, 0.3) is 0 Å². The zero-order chi connectivity index (χ0) is 20.0. The SMILES string of the molecule is CC[C@@H]1C[C@H](CS(=O)(=O)CC2CCCO2)C[C@@H]1c1nnc2cnc3[nH]ccc3n12. The van der Waals surface area contributed by atoms with Crippen LogP contribution in [0.5, 0.6) is 0 Å². The van der Waals surface area contributed by atoms with Crippen molar-refractivity contribution >= 4 is 26.6 Å². The summed E-state index contributed by atoms with van der Waals surface area (Å²) in [6, 6.07) is 1.99. The van der Waals surface area contributed by atoms with Crippen molar-refractivity contribution in [3.05, 3.63) is 24.3 Å². The molecule has 3 aromatic heterocycles. The molecule has 5 rings (SSSR count). The van der Waals surface area contributed by atoms with Crippen LogP contribution in [-0.4, -0.2) is 57.2 Å². The van der Waals surface area contributed by atoms with Crippen LogP contribution in [0.15, 0.2) is 18.5 Å². The summed E-state index contributed by atoms with van der Waals surface area (Å²) < 4.78 is 33.1. The third kappa shape index (κ3) is 3.54. The normalized spacial score (nSPS) is 28.0. The predicted molar refractivity (Wildman–Crippen MR) is 110 cm³/mol. The van der Waals surface area contributed by atoms with Crippen LogP contribution in [0, 0.1) is 11.8 Å². The topological polar surface area (TPSA) is 102 Å². The molecule has 3 aromatic rings. The number of H-pyrrole nitrogens is 1. The Morgan fingerprint density at radius 2 is 2.17 bits per heavy atom. The average molecular weight is 418 g/mol. The monoisotopic (exact) mass is 417 g/mol. The molecule has 0 aromatic carbocycles. The summed E-state index contributed by atoms with van der Waals surface area (Å²) in [4.78, 5) is 7.53. The molecule has 0 bridgehead atoms. The van der Waals surface area contributed by atoms with Crippen LogP contribution in [0.4, 0.5) is 0 Å². The Hall–Kier alpha value is -2.00. The molecule has 1 aliphatic carbocycles. The molecule has 9 heteroatoms. The summed E-state index contributed by atoms with van der Waals surface area (Å²) in [6.45, 7) is 2.86. The molecule has 156 valence electrons. The zero-order valence-electron chi connectivity index (χ0n) is 16.6. The van der Waals surface area contributed by atoms with E-state index in [2.05, 4.69) is 31.5 Å². The number of ether oxygens (including phenoxy) is 1. The Morgan fingerprint density at radius 3 is 2.97 bits per heavy atom. The highest BCUT2D eigenvalue weighted by Crippen LogP contribution is 2.45. The van der Waals surface area contributed by atoms with Crippen molar-refractivity contribution in [2.45, 2.75) is 51.0 Å². The first kappa shape index (κ1) is 19.0. The predicted octanol–water partition coefficient (Wildman–Crippen LogP) is 2.72. The van der Waals surface area contributed by atoms with E-state index in [9.17, 15) is 8.42 Å². The van der Waals surface area contributed by atoms with Gasteiger partial charge < -0.3 is 9.72 Å². The van der Waals surface area contributed by atoms with Gasteiger partial charge in [0.2, 0.25) is 0 Å². The zero-order valence-corrected chi connectivity index (χ0v) is 17.4. The minimum atomic E-state index is -3.12. The molecule has 0 spiro atoms. The summed E-state index contributed by atoms with van der Waals surface area (Å²) in [6.07, 6.45) is 8.06. The van der Waals surface area contributed by atoms with Crippen LogP contribution >= 0.6 is 0 Å². The van der Waals surface area contributed by atoms with Crippen LogP contribution in [0.1, 0.15) is 50.8 Å². The Kier molecular flexibility index (Phi) is 4.82. The molecule has 1 N–H and O–H groups in total. The first-order valence-corrected chi connectivity index (χ1v) is 12.4. The van der Waals surface area contributed by atoms with Crippen LogP contribution in [-0.2, 0) is 14.6 Å². The largest absolute Gasteiger partial charge is 0.377 e. The van der Waals surface area contributed by atoms with Gasteiger partial charge in [-0.1, -0.05) is 13.3 Å². The summed E-state index contributed by atoms with van der Waals surface area (Å²) >= 11 is 0. The van der Waals surface area contributed by atoms with E-state index in [0.29, 0.717) is 12.5 Å². The Labute approximate surface area is 170 Å². The molecule has 4 heterocycles. The van der Waals surface area contributed by atoms with Crippen molar-refractivity contribution < 1.29 is 13.2 Å². The average Bonchev–Trinajstić information content (AvgIpc) is 3.45. The molecule has 1 aliphatic heterocycles. The lowest BCUT2D eigenvalue weighted by molar-refractivity contribution is 0.127. The van der Waals surface area contributed by atoms with Crippen LogP contribution in [0.3, 0.4) is 0 Å². The van der Waals surface area contributed by atoms with Gasteiger partial charge in [0, 0.05) is 18.7 Å². The van der Waals surface area contributed by atoms with E-state index >= 15 is 0 Å². The fraction of sp³-hybridized carbons (Fsp3) is 0.650. The number of aromatic amines is 1. The molecule has 4 atom stereocenters. The molecule has 1 saturated heterocycles. The lowest BCUT2D eigenvalue weighted by Gasteiger charge is -2.16. The van der Waals surface area contributed by atoms with E-state index in [-0.39, 0.29) is 29.4 Å². The van der Waals surface area contributed by atoms with Crippen molar-refractivity contribution in [1.82, 2.24) is 24.6 Å². The number of fused-ring (bicyclic) bond motifs is 3. The molecular weight excluding hydrogens is 390 g/mol. The number of sulfone groups is 1. The minimum absolute atomic E-state index is 0.117. The van der Waals surface area contributed by atoms with Crippen LogP contribution in [0.25, 0.3) is 16.8 Å². The molecule has 2 fully saturated rings. The van der Waals surface area contributed by atoms with Gasteiger partial charge in [0.1, 0.15) is 5.82 Å². The van der Waals surface area contributed by atoms with E-state index in [0.717, 1.165) is 54.7 Å². The van der Waals surface area contributed by atoms with Crippen LogP contribution in [0.2, 0.25) is 0 Å². The first-order chi connectivity index (χ1) is 14.0. The van der Waals surface area contributed by atoms with Gasteiger partial charge in [-0.25, -0.2) is 13.4 Å². The third-order valence-electron chi connectivity index (χ3n) is 6.57. The highest BCUT2D eigenvalue weighted by atomic mass is 32.2. The number of aromatic nitrogens is 5. The van der Waals surface area contributed by atoms with Gasteiger partial charge in [-0.05, 0) is 43.6 Å². The Balaban J connectivity index is 1.40. The molecule has 29 heavy (non-hydrogen) atoms. The number of hydrogen-bond donors (Lipinski definition) is 1. The highest BCUT2D eigenvalue weighted by Gasteiger charge is 2.39. The standard InChI is InChI=1S/C20H27N5O3S/c1-2-14-8-13(11-29(26,27)12-15-4-3-7-28-15)9-16(14)20-24-23-18-10-22-19-17(25(18)20)5-6-21-19/h5-6,10,13-16,21H,2-4,7-9,11-12H2,1H3/t13-,14+,15?,16-/m0/s1. The van der Waals surface area contributed by atoms with Crippen molar-refractivity contribution in [2.75, 3.05) is 18.1 Å². The smallest absolute Gasteiger partial charge is 0.179 e. The molecule has 8 nitrogen and oxygen atoms in total. The highest BCUT2D eigenvalue weighted by molar-refractivity contribution is 7.91. The van der Waals surface area contributed by atoms with Gasteiger partial charge >= 0.3 is 0 Å². The maximum atomic E-state index is 12.8. The number of nitrogens with one attached hydrogen (secondary N) is 1. The molecule has 0 radical (unpaired) electrons. The summed E-state index contributed by atoms with van der Waals surface area (Å²) in [5.41, 5.74) is 2.50. The molecule has 1 saturated carbocycles.